The molecule has 4 nitrogen and oxygen atoms in total. The summed E-state index contributed by atoms with van der Waals surface area (Å²) in [5.41, 5.74) is 0.137. The van der Waals surface area contributed by atoms with Crippen LogP contribution >= 0.6 is 0 Å². The summed E-state index contributed by atoms with van der Waals surface area (Å²) in [5.74, 6) is 0.498. The molecule has 2 heterocycles. The zero-order chi connectivity index (χ0) is 14.8. The predicted molar refractivity (Wildman–Crippen MR) is 76.6 cm³/mol. The Labute approximate surface area is 125 Å². The van der Waals surface area contributed by atoms with E-state index in [-0.39, 0.29) is 41.0 Å². The van der Waals surface area contributed by atoms with Gasteiger partial charge in [0.15, 0.2) is 0 Å². The van der Waals surface area contributed by atoms with Crippen LogP contribution in [0.1, 0.15) is 33.1 Å². The molecule has 4 fully saturated rings. The number of carbonyl (C=O) groups is 1. The molecule has 1 spiro atoms. The van der Waals surface area contributed by atoms with E-state index >= 15 is 0 Å². The van der Waals surface area contributed by atoms with E-state index in [2.05, 4.69) is 19.1 Å². The van der Waals surface area contributed by atoms with Crippen LogP contribution in [0, 0.1) is 23.2 Å². The Morgan fingerprint density at radius 1 is 1.48 bits per heavy atom. The van der Waals surface area contributed by atoms with Gasteiger partial charge in [-0.15, -0.1) is 0 Å². The summed E-state index contributed by atoms with van der Waals surface area (Å²) in [4.78, 5) is 12.5. The zero-order valence-corrected chi connectivity index (χ0v) is 13.0. The summed E-state index contributed by atoms with van der Waals surface area (Å²) >= 11 is 0. The number of allylic oxidation sites excluding steroid dienone is 1. The van der Waals surface area contributed by atoms with E-state index in [1.54, 1.807) is 7.11 Å². The van der Waals surface area contributed by atoms with Crippen molar-refractivity contribution in [2.45, 2.75) is 50.9 Å². The maximum absolute atomic E-state index is 12.5. The van der Waals surface area contributed by atoms with Crippen LogP contribution < -0.4 is 0 Å². The number of hydrogen-bond acceptors (Lipinski definition) is 4. The fraction of sp³-hybridized carbons (Fsp3) is 0.824. The number of esters is 1. The van der Waals surface area contributed by atoms with Crippen molar-refractivity contribution in [2.24, 2.45) is 23.2 Å². The molecule has 4 heteroatoms. The van der Waals surface area contributed by atoms with Gasteiger partial charge >= 0.3 is 5.97 Å². The van der Waals surface area contributed by atoms with Gasteiger partial charge in [0, 0.05) is 13.0 Å². The topological polar surface area (TPSA) is 44.8 Å². The molecular formula is C17H24O4. The van der Waals surface area contributed by atoms with Gasteiger partial charge in [-0.05, 0) is 44.4 Å². The molecule has 2 saturated carbocycles. The van der Waals surface area contributed by atoms with E-state index in [0.29, 0.717) is 12.5 Å². The fourth-order valence-electron chi connectivity index (χ4n) is 5.72. The molecule has 3 aliphatic carbocycles. The van der Waals surface area contributed by atoms with Crippen LogP contribution in [0.3, 0.4) is 0 Å². The summed E-state index contributed by atoms with van der Waals surface area (Å²) in [6.07, 6.45) is 7.68. The third kappa shape index (κ3) is 1.66. The Kier molecular flexibility index (Phi) is 2.84. The summed E-state index contributed by atoms with van der Waals surface area (Å²) in [5, 5.41) is 0. The normalized spacial score (nSPS) is 53.0. The number of rotatable bonds is 3. The van der Waals surface area contributed by atoms with Crippen molar-refractivity contribution < 1.29 is 19.0 Å². The van der Waals surface area contributed by atoms with Crippen molar-refractivity contribution in [3.8, 4) is 0 Å². The van der Waals surface area contributed by atoms with E-state index in [0.717, 1.165) is 19.3 Å². The summed E-state index contributed by atoms with van der Waals surface area (Å²) in [6, 6.07) is 0. The minimum absolute atomic E-state index is 0.0185. The molecule has 4 bridgehead atoms. The van der Waals surface area contributed by atoms with Crippen molar-refractivity contribution >= 4 is 5.97 Å². The van der Waals surface area contributed by atoms with Crippen LogP contribution in [0.4, 0.5) is 0 Å². The molecule has 0 amide bonds. The van der Waals surface area contributed by atoms with Crippen LogP contribution in [0.15, 0.2) is 12.2 Å². The fourth-order valence-corrected chi connectivity index (χ4v) is 5.72. The summed E-state index contributed by atoms with van der Waals surface area (Å²) in [7, 11) is 1.67. The van der Waals surface area contributed by atoms with Crippen molar-refractivity contribution in [3.05, 3.63) is 12.2 Å². The number of methoxy groups -OCH3 is 1. The van der Waals surface area contributed by atoms with Gasteiger partial charge in [0.25, 0.3) is 0 Å². The molecule has 0 unspecified atom stereocenters. The predicted octanol–water partition coefficient (Wildman–Crippen LogP) is 2.32. The average Bonchev–Trinajstić information content (AvgIpc) is 2.81. The highest BCUT2D eigenvalue weighted by atomic mass is 16.5. The van der Waals surface area contributed by atoms with Gasteiger partial charge in [0.1, 0.15) is 0 Å². The molecule has 0 aromatic carbocycles. The molecule has 0 aromatic heterocycles. The maximum atomic E-state index is 12.5. The van der Waals surface area contributed by atoms with Gasteiger partial charge in [-0.1, -0.05) is 12.2 Å². The maximum Gasteiger partial charge on any atom is 0.312 e. The molecule has 2 aliphatic heterocycles. The van der Waals surface area contributed by atoms with Crippen LogP contribution in [0.25, 0.3) is 0 Å². The molecule has 2 saturated heterocycles. The van der Waals surface area contributed by atoms with Crippen LogP contribution in [0.2, 0.25) is 0 Å². The molecule has 21 heavy (non-hydrogen) atoms. The van der Waals surface area contributed by atoms with Gasteiger partial charge in [0.2, 0.25) is 0 Å². The first-order valence-corrected chi connectivity index (χ1v) is 8.09. The minimum Gasteiger partial charge on any atom is -0.466 e. The first-order valence-electron chi connectivity index (χ1n) is 8.09. The standard InChI is InChI=1S/C17H24O4/c1-4-20-15(18)13-11(19-3)5-6-17-8-10-7-12(14(13)17)21-16(10,2)9-17/h5-6,10-14H,4,7-9H2,1-3H3/t10-,11-,12+,13-,14+,16+,17+/m1/s1. The smallest absolute Gasteiger partial charge is 0.312 e. The molecule has 5 rings (SSSR count). The Hall–Kier alpha value is -0.870. The van der Waals surface area contributed by atoms with E-state index in [1.807, 2.05) is 6.92 Å². The Morgan fingerprint density at radius 3 is 2.95 bits per heavy atom. The summed E-state index contributed by atoms with van der Waals surface area (Å²) in [6.45, 7) is 4.52. The molecule has 0 N–H and O–H groups in total. The van der Waals surface area contributed by atoms with E-state index in [1.165, 1.54) is 0 Å². The van der Waals surface area contributed by atoms with E-state index in [4.69, 9.17) is 14.2 Å². The van der Waals surface area contributed by atoms with Gasteiger partial charge in [-0.3, -0.25) is 4.79 Å². The zero-order valence-electron chi connectivity index (χ0n) is 13.0. The lowest BCUT2D eigenvalue weighted by Crippen LogP contribution is -2.55. The lowest BCUT2D eigenvalue weighted by atomic mass is 9.57. The molecule has 0 aromatic rings. The Bertz CT molecular complexity index is 501. The monoisotopic (exact) mass is 292 g/mol. The van der Waals surface area contributed by atoms with Crippen LogP contribution in [0.5, 0.6) is 0 Å². The van der Waals surface area contributed by atoms with Crippen molar-refractivity contribution in [1.29, 1.82) is 0 Å². The van der Waals surface area contributed by atoms with E-state index < -0.39 is 0 Å². The highest BCUT2D eigenvalue weighted by Crippen LogP contribution is 2.69. The van der Waals surface area contributed by atoms with Crippen LogP contribution in [-0.2, 0) is 19.0 Å². The second-order valence-electron chi connectivity index (χ2n) is 7.38. The highest BCUT2D eigenvalue weighted by molar-refractivity contribution is 5.75. The largest absolute Gasteiger partial charge is 0.466 e. The summed E-state index contributed by atoms with van der Waals surface area (Å²) < 4.78 is 17.3. The molecule has 0 radical (unpaired) electrons. The van der Waals surface area contributed by atoms with Crippen molar-refractivity contribution in [1.82, 2.24) is 0 Å². The van der Waals surface area contributed by atoms with Gasteiger partial charge in [-0.25, -0.2) is 0 Å². The number of ether oxygens (including phenoxy) is 3. The molecule has 7 atom stereocenters. The van der Waals surface area contributed by atoms with Crippen molar-refractivity contribution in [3.63, 3.8) is 0 Å². The van der Waals surface area contributed by atoms with Crippen LogP contribution in [-0.4, -0.2) is 37.5 Å². The number of hydrogen-bond donors (Lipinski definition) is 0. The molecule has 116 valence electrons. The minimum atomic E-state index is -0.228. The average molecular weight is 292 g/mol. The number of carbonyl (C=O) groups excluding carboxylic acids is 1. The second kappa shape index (κ2) is 4.32. The highest BCUT2D eigenvalue weighted by Gasteiger charge is 2.70. The first kappa shape index (κ1) is 13.8. The van der Waals surface area contributed by atoms with Gasteiger partial charge < -0.3 is 14.2 Å². The Balaban J connectivity index is 1.74. The SMILES string of the molecule is CCOC(=O)[C@H]1[C@@H]2[C@@H]3C[C@@H]4C[C@@]2(C=C[C@H]1OC)C[C@]4(C)O3. The van der Waals surface area contributed by atoms with Gasteiger partial charge in [-0.2, -0.15) is 0 Å². The second-order valence-corrected chi connectivity index (χ2v) is 7.38. The van der Waals surface area contributed by atoms with Gasteiger partial charge in [0.05, 0.1) is 30.3 Å². The van der Waals surface area contributed by atoms with Crippen molar-refractivity contribution in [2.75, 3.05) is 13.7 Å². The first-order chi connectivity index (χ1) is 10.0. The molecular weight excluding hydrogens is 268 g/mol. The quantitative estimate of drug-likeness (QED) is 0.591. The lowest BCUT2D eigenvalue weighted by Gasteiger charge is -2.51. The third-order valence-electron chi connectivity index (χ3n) is 6.36. The molecule has 5 aliphatic rings. The third-order valence-corrected chi connectivity index (χ3v) is 6.36. The lowest BCUT2D eigenvalue weighted by molar-refractivity contribution is -0.180. The Morgan fingerprint density at radius 2 is 2.29 bits per heavy atom. The van der Waals surface area contributed by atoms with E-state index in [9.17, 15) is 4.79 Å².